The number of carbonyl (C=O) groups is 4. The fraction of sp³-hybridized carbons (Fsp3) is 0.675. The number of esters is 2. The summed E-state index contributed by atoms with van der Waals surface area (Å²) in [5.41, 5.74) is -3.27. The molecular weight excluding hydrogens is 1240 g/mol. The Morgan fingerprint density at radius 3 is 1.03 bits per heavy atom. The van der Waals surface area contributed by atoms with E-state index in [9.17, 15) is 19.2 Å². The van der Waals surface area contributed by atoms with Gasteiger partial charge < -0.3 is 67.5 Å². The minimum atomic E-state index is -0.922. The highest BCUT2D eigenvalue weighted by atomic mass is 16.6. The van der Waals surface area contributed by atoms with Crippen LogP contribution in [0.5, 0.6) is 23.0 Å². The number of carbonyl (C=O) groups excluding carboxylic acids is 4. The smallest absolute Gasteiger partial charge is 0.407 e. The largest absolute Gasteiger partial charge is 0.493 e. The van der Waals surface area contributed by atoms with E-state index in [0.717, 1.165) is 87.2 Å². The quantitative estimate of drug-likeness (QED) is 0.0233. The number of hydrogen-bond acceptors (Lipinski definition) is 16. The SMILES string of the molecule is C=C(C)C(=O)OCCCCCNC(=O)OC(C)(C)C(COc1ccccc1)COC(C)(C)C(C)(C)CCCCOC(C)(C)CCOc1ccc(OCCC(C)(C)OCCCCC(C)(C)C(C)(C)OCC(COc2ccccc2)C(C)(C)OC(=O)NCCCCCOC(=O)C(=C)C)cc1. The maximum Gasteiger partial charge on any atom is 0.407 e. The van der Waals surface area contributed by atoms with E-state index in [0.29, 0.717) is 103 Å². The number of ether oxygens (including phenoxy) is 12. The average molecular weight is 1370 g/mol. The number of benzene rings is 3. The molecule has 18 heteroatoms. The molecule has 3 rings (SSSR count). The number of rotatable bonds is 52. The third kappa shape index (κ3) is 34.1. The van der Waals surface area contributed by atoms with Gasteiger partial charge in [0.05, 0.1) is 87.1 Å². The van der Waals surface area contributed by atoms with Crippen molar-refractivity contribution in [2.75, 3.05) is 79.2 Å². The Labute approximate surface area is 590 Å². The molecule has 0 aromatic heterocycles. The summed E-state index contributed by atoms with van der Waals surface area (Å²) < 4.78 is 73.6. The topological polar surface area (TPSA) is 203 Å². The first-order valence-corrected chi connectivity index (χ1v) is 35.7. The summed E-state index contributed by atoms with van der Waals surface area (Å²) in [7, 11) is 0. The van der Waals surface area contributed by atoms with Gasteiger partial charge in [-0.3, -0.25) is 0 Å². The van der Waals surface area contributed by atoms with Gasteiger partial charge in [0.1, 0.15) is 34.2 Å². The lowest BCUT2D eigenvalue weighted by atomic mass is 9.73. The summed E-state index contributed by atoms with van der Waals surface area (Å²) in [5, 5.41) is 5.75. The number of nitrogens with one attached hydrogen (secondary N) is 2. The fourth-order valence-electron chi connectivity index (χ4n) is 10.1. The first-order chi connectivity index (χ1) is 45.9. The highest BCUT2D eigenvalue weighted by Crippen LogP contribution is 2.41. The maximum atomic E-state index is 13.1. The molecule has 0 aliphatic carbocycles. The predicted molar refractivity (Wildman–Crippen MR) is 389 cm³/mol. The summed E-state index contributed by atoms with van der Waals surface area (Å²) in [4.78, 5) is 49.4. The molecule has 0 aliphatic heterocycles. The van der Waals surface area contributed by atoms with Crippen LogP contribution in [0.1, 0.15) is 215 Å². The van der Waals surface area contributed by atoms with Crippen molar-refractivity contribution in [3.05, 3.63) is 109 Å². The van der Waals surface area contributed by atoms with Crippen LogP contribution in [0.3, 0.4) is 0 Å². The molecule has 2 amide bonds. The highest BCUT2D eigenvalue weighted by Gasteiger charge is 2.43. The first-order valence-electron chi connectivity index (χ1n) is 35.7. The Kier molecular flexibility index (Phi) is 36.8. The second-order valence-corrected chi connectivity index (χ2v) is 30.6. The lowest BCUT2D eigenvalue weighted by molar-refractivity contribution is -0.140. The van der Waals surface area contributed by atoms with Crippen LogP contribution >= 0.6 is 0 Å². The third-order valence-corrected chi connectivity index (χ3v) is 19.1. The second-order valence-electron chi connectivity index (χ2n) is 30.6. The summed E-state index contributed by atoms with van der Waals surface area (Å²) in [5.74, 6) is 1.64. The molecule has 0 saturated heterocycles. The summed E-state index contributed by atoms with van der Waals surface area (Å²) >= 11 is 0. The zero-order chi connectivity index (χ0) is 73.1. The van der Waals surface area contributed by atoms with Crippen LogP contribution in [0.4, 0.5) is 9.59 Å². The van der Waals surface area contributed by atoms with Crippen molar-refractivity contribution in [1.29, 1.82) is 0 Å². The minimum absolute atomic E-state index is 0.194. The molecule has 2 N–H and O–H groups in total. The molecular formula is C80H128N2O16. The summed E-state index contributed by atoms with van der Waals surface area (Å²) in [6.07, 6.45) is 10.4. The number of hydrogen-bond donors (Lipinski definition) is 2. The van der Waals surface area contributed by atoms with Crippen LogP contribution in [-0.4, -0.2) is 137 Å². The van der Waals surface area contributed by atoms with E-state index in [1.807, 2.05) is 113 Å². The molecule has 98 heavy (non-hydrogen) atoms. The third-order valence-electron chi connectivity index (χ3n) is 19.1. The first kappa shape index (κ1) is 85.9. The maximum absolute atomic E-state index is 13.1. The Morgan fingerprint density at radius 1 is 0.367 bits per heavy atom. The number of alkyl carbamates (subject to hydrolysis) is 2. The Hall–Kier alpha value is -6.34. The van der Waals surface area contributed by atoms with Gasteiger partial charge in [0, 0.05) is 50.3 Å². The van der Waals surface area contributed by atoms with Gasteiger partial charge in [-0.15, -0.1) is 0 Å². The molecule has 0 heterocycles. The van der Waals surface area contributed by atoms with Crippen molar-refractivity contribution in [2.45, 2.75) is 248 Å². The van der Waals surface area contributed by atoms with E-state index < -0.39 is 46.5 Å². The average Bonchev–Trinajstić information content (AvgIpc) is 0.820. The Bertz CT molecular complexity index is 2600. The summed E-state index contributed by atoms with van der Waals surface area (Å²) in [6.45, 7) is 48.9. The van der Waals surface area contributed by atoms with Crippen molar-refractivity contribution in [3.8, 4) is 23.0 Å². The predicted octanol–water partition coefficient (Wildman–Crippen LogP) is 17.8. The van der Waals surface area contributed by atoms with E-state index in [1.165, 1.54) is 0 Å². The number of unbranched alkanes of at least 4 members (excludes halogenated alkanes) is 6. The molecule has 0 spiro atoms. The van der Waals surface area contributed by atoms with Crippen molar-refractivity contribution in [3.63, 3.8) is 0 Å². The number of para-hydroxylation sites is 2. The van der Waals surface area contributed by atoms with Gasteiger partial charge in [-0.2, -0.15) is 0 Å². The molecule has 0 radical (unpaired) electrons. The van der Waals surface area contributed by atoms with Crippen LogP contribution in [0, 0.1) is 22.7 Å². The van der Waals surface area contributed by atoms with E-state index in [-0.39, 0.29) is 47.1 Å². The molecule has 554 valence electrons. The molecule has 0 bridgehead atoms. The van der Waals surface area contributed by atoms with E-state index in [2.05, 4.69) is 107 Å². The standard InChI is InChI=1S/C80H128N2O16/c1-61(2)69(83)89-51-33-23-31-49-81-71(85)97-77(13,14)63(57-91-65-37-25-21-26-38-65)59-95-79(17,18)73(5,6)45-29-35-53-93-75(9,10)47-55-87-67-41-43-68(44-42-67)88-56-48-76(11,12)94-54-36-30-46-74(7,8)80(19,20)96-60-64(58-92-66-39-27-22-28-40-66)78(15,16)98-72(86)82-50-32-24-34-52-90-70(84)62(3)4/h21-22,25-28,37-44,63-64H,1,3,23-24,29-36,45-60H2,2,4-20H3,(H,81,85)(H,82,86). The van der Waals surface area contributed by atoms with Gasteiger partial charge in [0.2, 0.25) is 0 Å². The Balaban J connectivity index is 1.36. The van der Waals surface area contributed by atoms with E-state index in [4.69, 9.17) is 56.8 Å². The molecule has 0 aliphatic rings. The van der Waals surface area contributed by atoms with Crippen molar-refractivity contribution < 1.29 is 76.0 Å². The van der Waals surface area contributed by atoms with Crippen LogP contribution in [-0.2, 0) is 47.5 Å². The van der Waals surface area contributed by atoms with Crippen molar-refractivity contribution in [2.24, 2.45) is 22.7 Å². The van der Waals surface area contributed by atoms with Gasteiger partial charge in [-0.25, -0.2) is 19.2 Å². The van der Waals surface area contributed by atoms with Gasteiger partial charge in [-0.1, -0.05) is 90.1 Å². The molecule has 2 unspecified atom stereocenters. The van der Waals surface area contributed by atoms with Gasteiger partial charge in [0.15, 0.2) is 0 Å². The molecule has 3 aromatic rings. The molecule has 2 atom stereocenters. The summed E-state index contributed by atoms with van der Waals surface area (Å²) in [6, 6.07) is 27.0. The molecule has 18 nitrogen and oxygen atoms in total. The van der Waals surface area contributed by atoms with Crippen LogP contribution < -0.4 is 29.6 Å². The molecule has 0 fully saturated rings. The highest BCUT2D eigenvalue weighted by molar-refractivity contribution is 5.87. The zero-order valence-corrected chi connectivity index (χ0v) is 63.6. The van der Waals surface area contributed by atoms with Gasteiger partial charge in [-0.05, 0) is 221 Å². The van der Waals surface area contributed by atoms with Crippen molar-refractivity contribution >= 4 is 24.1 Å². The van der Waals surface area contributed by atoms with Crippen LogP contribution in [0.15, 0.2) is 109 Å². The normalized spacial score (nSPS) is 13.2. The minimum Gasteiger partial charge on any atom is -0.493 e. The number of amides is 2. The van der Waals surface area contributed by atoms with Crippen molar-refractivity contribution in [1.82, 2.24) is 10.6 Å². The lowest BCUT2D eigenvalue weighted by Gasteiger charge is -2.44. The second kappa shape index (κ2) is 42.0. The van der Waals surface area contributed by atoms with E-state index in [1.54, 1.807) is 13.8 Å². The molecule has 3 aromatic carbocycles. The lowest BCUT2D eigenvalue weighted by Crippen LogP contribution is -2.48. The van der Waals surface area contributed by atoms with Gasteiger partial charge in [0.25, 0.3) is 0 Å². The fourth-order valence-corrected chi connectivity index (χ4v) is 10.1. The zero-order valence-electron chi connectivity index (χ0n) is 63.6. The Morgan fingerprint density at radius 2 is 0.694 bits per heavy atom. The van der Waals surface area contributed by atoms with Crippen LogP contribution in [0.2, 0.25) is 0 Å². The monoisotopic (exact) mass is 1370 g/mol. The van der Waals surface area contributed by atoms with E-state index >= 15 is 0 Å². The van der Waals surface area contributed by atoms with Gasteiger partial charge >= 0.3 is 24.1 Å². The van der Waals surface area contributed by atoms with Crippen LogP contribution in [0.25, 0.3) is 0 Å². The molecule has 0 saturated carbocycles.